The number of ketones is 1. The number of rotatable bonds is 1. The molecule has 0 aliphatic carbocycles. The molecule has 0 saturated carbocycles. The Hall–Kier alpha value is -1.28. The number of halogens is 6. The van der Waals surface area contributed by atoms with Gasteiger partial charge in [-0.1, -0.05) is 0 Å². The molecule has 3 nitrogen and oxygen atoms in total. The average Bonchev–Trinajstić information content (AvgIpc) is 2.00. The van der Waals surface area contributed by atoms with Gasteiger partial charge in [-0.25, -0.2) is 0 Å². The second kappa shape index (κ2) is 6.33. The lowest BCUT2D eigenvalue weighted by atomic mass is 10.4. The van der Waals surface area contributed by atoms with Crippen molar-refractivity contribution in [2.45, 2.75) is 26.2 Å². The van der Waals surface area contributed by atoms with Crippen molar-refractivity contribution >= 4 is 11.8 Å². The summed E-state index contributed by atoms with van der Waals surface area (Å²) in [5.74, 6) is -3.89. The van der Waals surface area contributed by atoms with Gasteiger partial charge < -0.3 is 4.74 Å². The van der Waals surface area contributed by atoms with Gasteiger partial charge in [-0.3, -0.25) is 9.59 Å². The zero-order chi connectivity index (χ0) is 13.6. The Kier molecular flexibility index (Phi) is 6.78. The highest BCUT2D eigenvalue weighted by atomic mass is 19.4. The molecule has 0 spiro atoms. The summed E-state index contributed by atoms with van der Waals surface area (Å²) < 4.78 is 69.7. The Morgan fingerprint density at radius 1 is 1.00 bits per heavy atom. The maximum absolute atomic E-state index is 10.9. The third kappa shape index (κ3) is 9.28. The van der Waals surface area contributed by atoms with Gasteiger partial charge in [0.1, 0.15) is 0 Å². The van der Waals surface area contributed by atoms with Gasteiger partial charge in [-0.2, -0.15) is 26.3 Å². The van der Waals surface area contributed by atoms with Crippen molar-refractivity contribution < 1.29 is 40.7 Å². The molecule has 0 aliphatic rings. The van der Waals surface area contributed by atoms with Crippen LogP contribution in [-0.4, -0.2) is 30.7 Å². The lowest BCUT2D eigenvalue weighted by molar-refractivity contribution is -0.217. The smallest absolute Gasteiger partial charge is 0.459 e. The first-order chi connectivity index (χ1) is 6.92. The Bertz CT molecular complexity index is 225. The molecule has 0 aromatic heterocycles. The van der Waals surface area contributed by atoms with Crippen molar-refractivity contribution in [1.29, 1.82) is 0 Å². The standard InChI is InChI=1S/C4H8O2.C3F6O/c1-3-6-4(2)5;4-2(5,6)1(10)3(7,8)9/h3H2,1-2H3;. The van der Waals surface area contributed by atoms with Crippen molar-refractivity contribution in [1.82, 2.24) is 0 Å². The van der Waals surface area contributed by atoms with Gasteiger partial charge in [-0.15, -0.1) is 0 Å². The van der Waals surface area contributed by atoms with Gasteiger partial charge in [0.25, 0.3) is 0 Å². The zero-order valence-corrected chi connectivity index (χ0v) is 8.20. The summed E-state index contributed by atoms with van der Waals surface area (Å²) in [7, 11) is 0. The second-order valence-corrected chi connectivity index (χ2v) is 2.25. The predicted octanol–water partition coefficient (Wildman–Crippen LogP) is 2.25. The van der Waals surface area contributed by atoms with Crippen LogP contribution in [0.2, 0.25) is 0 Å². The van der Waals surface area contributed by atoms with Crippen LogP contribution in [0.25, 0.3) is 0 Å². The van der Waals surface area contributed by atoms with E-state index in [-0.39, 0.29) is 5.97 Å². The molecule has 0 amide bonds. The van der Waals surface area contributed by atoms with E-state index in [4.69, 9.17) is 0 Å². The summed E-state index contributed by atoms with van der Waals surface area (Å²) in [5.41, 5.74) is 0. The quantitative estimate of drug-likeness (QED) is 0.532. The minimum Gasteiger partial charge on any atom is -0.466 e. The molecule has 0 saturated heterocycles. The third-order valence-corrected chi connectivity index (χ3v) is 0.863. The first-order valence-electron chi connectivity index (χ1n) is 3.74. The molecular weight excluding hydrogens is 246 g/mol. The SMILES string of the molecule is CCOC(C)=O.O=C(C(F)(F)F)C(F)(F)F. The Morgan fingerprint density at radius 2 is 1.31 bits per heavy atom. The summed E-state index contributed by atoms with van der Waals surface area (Å²) in [6.07, 6.45) is -11.6. The predicted molar refractivity (Wildman–Crippen MR) is 39.4 cm³/mol. The molecule has 0 aromatic carbocycles. The van der Waals surface area contributed by atoms with E-state index in [1.54, 1.807) is 6.92 Å². The Labute approximate surface area is 86.4 Å². The summed E-state index contributed by atoms with van der Waals surface area (Å²) in [6, 6.07) is 0. The molecule has 0 aromatic rings. The van der Waals surface area contributed by atoms with E-state index in [0.29, 0.717) is 6.61 Å². The lowest BCUT2D eigenvalue weighted by Crippen LogP contribution is -2.36. The molecule has 0 N–H and O–H groups in total. The van der Waals surface area contributed by atoms with Gasteiger partial charge in [0.2, 0.25) is 0 Å². The minimum absolute atomic E-state index is 0.211. The molecule has 96 valence electrons. The number of Topliss-reactive ketones (excluding diaryl/α,β-unsaturated/α-hetero) is 1. The number of alkyl halides is 6. The van der Waals surface area contributed by atoms with Crippen molar-refractivity contribution in [3.05, 3.63) is 0 Å². The van der Waals surface area contributed by atoms with Crippen molar-refractivity contribution in [2.24, 2.45) is 0 Å². The number of hydrogen-bond acceptors (Lipinski definition) is 3. The topological polar surface area (TPSA) is 43.4 Å². The maximum atomic E-state index is 10.9. The fraction of sp³-hybridized carbons (Fsp3) is 0.714. The molecule has 0 fully saturated rings. The van der Waals surface area contributed by atoms with Crippen molar-refractivity contribution in [2.75, 3.05) is 6.61 Å². The molecule has 9 heteroatoms. The largest absolute Gasteiger partial charge is 0.466 e. The number of hydrogen-bond donors (Lipinski definition) is 0. The van der Waals surface area contributed by atoms with Crippen molar-refractivity contribution in [3.63, 3.8) is 0 Å². The van der Waals surface area contributed by atoms with Crippen LogP contribution in [0.1, 0.15) is 13.8 Å². The van der Waals surface area contributed by atoms with Gasteiger partial charge in [0, 0.05) is 6.92 Å². The van der Waals surface area contributed by atoms with Crippen LogP contribution in [-0.2, 0) is 14.3 Å². The summed E-state index contributed by atoms with van der Waals surface area (Å²) >= 11 is 0. The van der Waals surface area contributed by atoms with Gasteiger partial charge in [0.05, 0.1) is 6.61 Å². The number of carbonyl (C=O) groups excluding carboxylic acids is 2. The number of esters is 1. The van der Waals surface area contributed by atoms with Crippen molar-refractivity contribution in [3.8, 4) is 0 Å². The Morgan fingerprint density at radius 3 is 1.31 bits per heavy atom. The normalized spacial score (nSPS) is 11.2. The number of ether oxygens (including phenoxy) is 1. The third-order valence-electron chi connectivity index (χ3n) is 0.863. The van der Waals surface area contributed by atoms with Crippen LogP contribution in [0.15, 0.2) is 0 Å². The molecule has 0 heterocycles. The van der Waals surface area contributed by atoms with Crippen LogP contribution >= 0.6 is 0 Å². The summed E-state index contributed by atoms with van der Waals surface area (Å²) in [4.78, 5) is 19.1. The summed E-state index contributed by atoms with van der Waals surface area (Å²) in [6.45, 7) is 3.65. The highest BCUT2D eigenvalue weighted by molar-refractivity contribution is 5.89. The highest BCUT2D eigenvalue weighted by Gasteiger charge is 2.55. The van der Waals surface area contributed by atoms with Crippen LogP contribution < -0.4 is 0 Å². The first-order valence-corrected chi connectivity index (χ1v) is 3.74. The molecule has 0 bridgehead atoms. The molecular formula is C7H8F6O3. The maximum Gasteiger partial charge on any atom is 0.459 e. The molecule has 16 heavy (non-hydrogen) atoms. The lowest BCUT2D eigenvalue weighted by Gasteiger charge is -2.06. The van der Waals surface area contributed by atoms with E-state index in [9.17, 15) is 35.9 Å². The van der Waals surface area contributed by atoms with Gasteiger partial charge >= 0.3 is 24.1 Å². The molecule has 0 atom stereocenters. The Balaban J connectivity index is 0. The zero-order valence-electron chi connectivity index (χ0n) is 8.20. The van der Waals surface area contributed by atoms with Gasteiger partial charge in [-0.05, 0) is 6.92 Å². The van der Waals surface area contributed by atoms with Gasteiger partial charge in [0.15, 0.2) is 0 Å². The molecule has 0 radical (unpaired) electrons. The molecule has 0 aliphatic heterocycles. The van der Waals surface area contributed by atoms with E-state index < -0.39 is 18.1 Å². The van der Waals surface area contributed by atoms with Crippen LogP contribution in [0.4, 0.5) is 26.3 Å². The number of carbonyl (C=O) groups is 2. The van der Waals surface area contributed by atoms with E-state index in [1.165, 1.54) is 6.92 Å². The second-order valence-electron chi connectivity index (χ2n) is 2.25. The minimum atomic E-state index is -5.82. The average molecular weight is 254 g/mol. The summed E-state index contributed by atoms with van der Waals surface area (Å²) in [5, 5.41) is 0. The van der Waals surface area contributed by atoms with E-state index in [0.717, 1.165) is 0 Å². The van der Waals surface area contributed by atoms with Crippen LogP contribution in [0.5, 0.6) is 0 Å². The molecule has 0 unspecified atom stereocenters. The fourth-order valence-corrected chi connectivity index (χ4v) is 0.364. The van der Waals surface area contributed by atoms with E-state index in [1.807, 2.05) is 0 Å². The van der Waals surface area contributed by atoms with E-state index >= 15 is 0 Å². The highest BCUT2D eigenvalue weighted by Crippen LogP contribution is 2.28. The van der Waals surface area contributed by atoms with Crippen LogP contribution in [0, 0.1) is 0 Å². The van der Waals surface area contributed by atoms with Crippen LogP contribution in [0.3, 0.4) is 0 Å². The first kappa shape index (κ1) is 17.1. The van der Waals surface area contributed by atoms with E-state index in [2.05, 4.69) is 4.74 Å². The molecule has 0 rings (SSSR count). The fourth-order valence-electron chi connectivity index (χ4n) is 0.364. The monoisotopic (exact) mass is 254 g/mol.